The van der Waals surface area contributed by atoms with Crippen molar-refractivity contribution < 1.29 is 14.7 Å². The number of nitrogens with one attached hydrogen (secondary N) is 2. The van der Waals surface area contributed by atoms with Crippen molar-refractivity contribution in [1.82, 2.24) is 10.6 Å². The average Bonchev–Trinajstić information content (AvgIpc) is 2.13. The molecule has 0 spiro atoms. The van der Waals surface area contributed by atoms with Gasteiger partial charge in [0, 0.05) is 24.0 Å². The van der Waals surface area contributed by atoms with E-state index in [2.05, 4.69) is 10.6 Å². The van der Waals surface area contributed by atoms with Gasteiger partial charge in [-0.25, -0.2) is 0 Å². The Kier molecular flexibility index (Phi) is 5.56. The maximum absolute atomic E-state index is 11.9. The van der Waals surface area contributed by atoms with Crippen LogP contribution in [0.25, 0.3) is 0 Å². The number of carbonyl (C=O) groups is 2. The SMILES string of the molecule is CC(C)(C)NCCC(=O)NC(C)(C)C(C)(C)C(=O)O. The van der Waals surface area contributed by atoms with Crippen LogP contribution in [-0.4, -0.2) is 34.6 Å². The van der Waals surface area contributed by atoms with Crippen LogP contribution in [0.15, 0.2) is 0 Å². The largest absolute Gasteiger partial charge is 0.481 e. The zero-order chi connectivity index (χ0) is 15.5. The molecule has 0 heterocycles. The van der Waals surface area contributed by atoms with E-state index in [0.717, 1.165) is 0 Å². The minimum absolute atomic E-state index is 0.0316. The molecule has 0 rings (SSSR count). The van der Waals surface area contributed by atoms with Crippen molar-refractivity contribution in [2.24, 2.45) is 5.41 Å². The summed E-state index contributed by atoms with van der Waals surface area (Å²) in [4.78, 5) is 23.1. The fourth-order valence-corrected chi connectivity index (χ4v) is 1.39. The number of amides is 1. The Morgan fingerprint density at radius 3 is 1.84 bits per heavy atom. The molecule has 0 aromatic carbocycles. The number of hydrogen-bond donors (Lipinski definition) is 3. The normalized spacial score (nSPS) is 13.2. The zero-order valence-electron chi connectivity index (χ0n) is 13.2. The van der Waals surface area contributed by atoms with Crippen molar-refractivity contribution in [3.05, 3.63) is 0 Å². The Bertz CT molecular complexity index is 341. The lowest BCUT2D eigenvalue weighted by Gasteiger charge is -2.38. The van der Waals surface area contributed by atoms with Gasteiger partial charge in [-0.1, -0.05) is 0 Å². The van der Waals surface area contributed by atoms with E-state index in [9.17, 15) is 14.7 Å². The smallest absolute Gasteiger partial charge is 0.311 e. The molecular formula is C14H28N2O3. The van der Waals surface area contributed by atoms with Crippen LogP contribution in [0.4, 0.5) is 0 Å². The average molecular weight is 272 g/mol. The third-order valence-corrected chi connectivity index (χ3v) is 3.56. The van der Waals surface area contributed by atoms with Crippen LogP contribution < -0.4 is 10.6 Å². The van der Waals surface area contributed by atoms with E-state index in [0.29, 0.717) is 13.0 Å². The number of aliphatic carboxylic acids is 1. The summed E-state index contributed by atoms with van der Waals surface area (Å²) in [6, 6.07) is 0. The molecule has 0 bridgehead atoms. The number of carboxylic acids is 1. The van der Waals surface area contributed by atoms with Gasteiger partial charge in [-0.3, -0.25) is 9.59 Å². The van der Waals surface area contributed by atoms with Gasteiger partial charge in [0.25, 0.3) is 0 Å². The second-order valence-corrected chi connectivity index (χ2v) is 7.03. The molecule has 0 aliphatic rings. The number of rotatable bonds is 6. The topological polar surface area (TPSA) is 78.4 Å². The molecule has 0 atom stereocenters. The van der Waals surface area contributed by atoms with Crippen LogP contribution in [0.1, 0.15) is 54.9 Å². The first-order valence-electron chi connectivity index (χ1n) is 6.59. The summed E-state index contributed by atoms with van der Waals surface area (Å²) < 4.78 is 0. The van der Waals surface area contributed by atoms with Gasteiger partial charge in [0.1, 0.15) is 0 Å². The van der Waals surface area contributed by atoms with Crippen molar-refractivity contribution in [2.45, 2.75) is 66.0 Å². The quantitative estimate of drug-likeness (QED) is 0.688. The second kappa shape index (κ2) is 5.90. The third kappa shape index (κ3) is 5.59. The Hall–Kier alpha value is -1.10. The van der Waals surface area contributed by atoms with Crippen molar-refractivity contribution >= 4 is 11.9 Å². The summed E-state index contributed by atoms with van der Waals surface area (Å²) in [5, 5.41) is 15.2. The van der Waals surface area contributed by atoms with E-state index in [1.165, 1.54) is 0 Å². The van der Waals surface area contributed by atoms with Crippen molar-refractivity contribution in [3.63, 3.8) is 0 Å². The van der Waals surface area contributed by atoms with E-state index in [4.69, 9.17) is 0 Å². The summed E-state index contributed by atoms with van der Waals surface area (Å²) in [5.74, 6) is -1.07. The molecule has 5 heteroatoms. The van der Waals surface area contributed by atoms with Crippen LogP contribution in [-0.2, 0) is 9.59 Å². The summed E-state index contributed by atoms with van der Waals surface area (Å²) >= 11 is 0. The highest BCUT2D eigenvalue weighted by Crippen LogP contribution is 2.30. The predicted octanol–water partition coefficient (Wildman–Crippen LogP) is 1.77. The maximum atomic E-state index is 11.9. The van der Waals surface area contributed by atoms with E-state index in [1.807, 2.05) is 20.8 Å². The standard InChI is InChI=1S/C14H28N2O3/c1-12(2,3)15-9-8-10(17)16-14(6,7)13(4,5)11(18)19/h15H,8-9H2,1-7H3,(H,16,17)(H,18,19). The van der Waals surface area contributed by atoms with Gasteiger partial charge >= 0.3 is 5.97 Å². The van der Waals surface area contributed by atoms with Gasteiger partial charge in [0.2, 0.25) is 5.91 Å². The molecule has 5 nitrogen and oxygen atoms in total. The molecular weight excluding hydrogens is 244 g/mol. The first-order chi connectivity index (χ1) is 8.29. The number of hydrogen-bond acceptors (Lipinski definition) is 3. The monoisotopic (exact) mass is 272 g/mol. The molecule has 3 N–H and O–H groups in total. The molecule has 112 valence electrons. The molecule has 1 amide bonds. The molecule has 0 aliphatic carbocycles. The number of carbonyl (C=O) groups excluding carboxylic acids is 1. The van der Waals surface area contributed by atoms with E-state index >= 15 is 0 Å². The van der Waals surface area contributed by atoms with Gasteiger partial charge in [0.05, 0.1) is 5.41 Å². The van der Waals surface area contributed by atoms with E-state index in [-0.39, 0.29) is 11.4 Å². The fourth-order valence-electron chi connectivity index (χ4n) is 1.39. The molecule has 19 heavy (non-hydrogen) atoms. The Labute approximate surface area is 116 Å². The zero-order valence-corrected chi connectivity index (χ0v) is 13.2. The first-order valence-corrected chi connectivity index (χ1v) is 6.59. The minimum atomic E-state index is -1.03. The summed E-state index contributed by atoms with van der Waals surface area (Å²) in [7, 11) is 0. The highest BCUT2D eigenvalue weighted by atomic mass is 16.4. The van der Waals surface area contributed by atoms with Gasteiger partial charge < -0.3 is 15.7 Å². The summed E-state index contributed by atoms with van der Waals surface area (Å²) in [6.45, 7) is 13.4. The fraction of sp³-hybridized carbons (Fsp3) is 0.857. The van der Waals surface area contributed by atoms with Crippen molar-refractivity contribution in [2.75, 3.05) is 6.54 Å². The lowest BCUT2D eigenvalue weighted by atomic mass is 9.74. The highest BCUT2D eigenvalue weighted by molar-refractivity contribution is 5.80. The van der Waals surface area contributed by atoms with Gasteiger partial charge in [-0.05, 0) is 48.5 Å². The molecule has 0 fully saturated rings. The summed E-state index contributed by atoms with van der Waals surface area (Å²) in [5.41, 5.74) is -1.87. The lowest BCUT2D eigenvalue weighted by Crippen LogP contribution is -2.57. The van der Waals surface area contributed by atoms with Gasteiger partial charge in [0.15, 0.2) is 0 Å². The molecule has 0 saturated heterocycles. The Morgan fingerprint density at radius 1 is 1.00 bits per heavy atom. The first kappa shape index (κ1) is 17.9. The van der Waals surface area contributed by atoms with Crippen LogP contribution in [0.5, 0.6) is 0 Å². The van der Waals surface area contributed by atoms with Gasteiger partial charge in [-0.15, -0.1) is 0 Å². The van der Waals surface area contributed by atoms with Crippen LogP contribution in [0, 0.1) is 5.41 Å². The molecule has 0 saturated carbocycles. The second-order valence-electron chi connectivity index (χ2n) is 7.03. The van der Waals surface area contributed by atoms with E-state index in [1.54, 1.807) is 27.7 Å². The van der Waals surface area contributed by atoms with Crippen LogP contribution in [0.3, 0.4) is 0 Å². The van der Waals surface area contributed by atoms with Crippen LogP contribution in [0.2, 0.25) is 0 Å². The Morgan fingerprint density at radius 2 is 1.47 bits per heavy atom. The highest BCUT2D eigenvalue weighted by Gasteiger charge is 2.44. The number of carboxylic acid groups (broad SMARTS) is 1. The minimum Gasteiger partial charge on any atom is -0.481 e. The Balaban J connectivity index is 4.44. The van der Waals surface area contributed by atoms with Crippen molar-refractivity contribution in [1.29, 1.82) is 0 Å². The summed E-state index contributed by atoms with van der Waals surface area (Å²) in [6.07, 6.45) is 0.330. The van der Waals surface area contributed by atoms with Crippen LogP contribution >= 0.6 is 0 Å². The molecule has 0 aromatic heterocycles. The molecule has 0 aromatic rings. The molecule has 0 radical (unpaired) electrons. The van der Waals surface area contributed by atoms with Gasteiger partial charge in [-0.2, -0.15) is 0 Å². The molecule has 0 aliphatic heterocycles. The van der Waals surface area contributed by atoms with Crippen molar-refractivity contribution in [3.8, 4) is 0 Å². The maximum Gasteiger partial charge on any atom is 0.311 e. The van der Waals surface area contributed by atoms with E-state index < -0.39 is 16.9 Å². The third-order valence-electron chi connectivity index (χ3n) is 3.56. The lowest BCUT2D eigenvalue weighted by molar-refractivity contribution is -0.151. The predicted molar refractivity (Wildman–Crippen MR) is 76.0 cm³/mol. The molecule has 0 unspecified atom stereocenters.